The molecule has 0 aliphatic rings. The summed E-state index contributed by atoms with van der Waals surface area (Å²) in [6.45, 7) is 3.01. The normalized spacial score (nSPS) is 10.3. The first-order valence-electron chi connectivity index (χ1n) is 10.3. The minimum atomic E-state index is -0.336. The largest absolute Gasteiger partial charge is 0.494 e. The first-order valence-corrected chi connectivity index (χ1v) is 10.7. The minimum Gasteiger partial charge on any atom is -0.494 e. The Morgan fingerprint density at radius 3 is 2.53 bits per heavy atom. The van der Waals surface area contributed by atoms with Crippen LogP contribution in [-0.4, -0.2) is 23.5 Å². The molecule has 166 valence electrons. The summed E-state index contributed by atoms with van der Waals surface area (Å²) in [7, 11) is 0. The molecule has 1 heterocycles. The van der Waals surface area contributed by atoms with Crippen LogP contribution in [0.15, 0.2) is 71.3 Å². The summed E-state index contributed by atoms with van der Waals surface area (Å²) < 4.78 is 10.8. The SMILES string of the molecule is CCCCOc1cccc(C(=O)NC(=S)Nc2ccc(C(=O)NCc3ccco3)cc2)c1. The van der Waals surface area contributed by atoms with E-state index in [2.05, 4.69) is 22.9 Å². The van der Waals surface area contributed by atoms with Crippen molar-refractivity contribution in [3.63, 3.8) is 0 Å². The fraction of sp³-hybridized carbons (Fsp3) is 0.208. The molecule has 0 unspecified atom stereocenters. The van der Waals surface area contributed by atoms with Gasteiger partial charge in [-0.05, 0) is 73.2 Å². The van der Waals surface area contributed by atoms with Crippen LogP contribution in [0.5, 0.6) is 5.75 Å². The van der Waals surface area contributed by atoms with Gasteiger partial charge in [-0.25, -0.2) is 0 Å². The average Bonchev–Trinajstić information content (AvgIpc) is 3.32. The number of carbonyl (C=O) groups excluding carboxylic acids is 2. The number of furan rings is 1. The number of ether oxygens (including phenoxy) is 1. The molecule has 0 saturated heterocycles. The molecule has 0 spiro atoms. The van der Waals surface area contributed by atoms with Crippen molar-refractivity contribution in [1.29, 1.82) is 0 Å². The van der Waals surface area contributed by atoms with Crippen molar-refractivity contribution in [1.82, 2.24) is 10.6 Å². The number of nitrogens with one attached hydrogen (secondary N) is 3. The first-order chi connectivity index (χ1) is 15.5. The van der Waals surface area contributed by atoms with Crippen LogP contribution in [0.1, 0.15) is 46.2 Å². The summed E-state index contributed by atoms with van der Waals surface area (Å²) in [5.41, 5.74) is 1.60. The predicted molar refractivity (Wildman–Crippen MR) is 127 cm³/mol. The molecule has 1 aromatic heterocycles. The maximum absolute atomic E-state index is 12.5. The van der Waals surface area contributed by atoms with Gasteiger partial charge in [-0.3, -0.25) is 14.9 Å². The summed E-state index contributed by atoms with van der Waals surface area (Å²) in [5.74, 6) is 0.768. The number of hydrogen-bond donors (Lipinski definition) is 3. The number of unbranched alkanes of at least 4 members (excludes halogenated alkanes) is 1. The van der Waals surface area contributed by atoms with E-state index in [1.165, 1.54) is 0 Å². The highest BCUT2D eigenvalue weighted by molar-refractivity contribution is 7.80. The third kappa shape index (κ3) is 6.95. The van der Waals surface area contributed by atoms with Crippen molar-refractivity contribution in [2.75, 3.05) is 11.9 Å². The molecule has 0 fully saturated rings. The van der Waals surface area contributed by atoms with Crippen LogP contribution in [0.25, 0.3) is 0 Å². The molecular weight excluding hydrogens is 426 g/mol. The van der Waals surface area contributed by atoms with Crippen LogP contribution in [0.3, 0.4) is 0 Å². The monoisotopic (exact) mass is 451 g/mol. The van der Waals surface area contributed by atoms with E-state index in [0.29, 0.717) is 41.5 Å². The zero-order chi connectivity index (χ0) is 22.8. The number of anilines is 1. The van der Waals surface area contributed by atoms with Gasteiger partial charge in [-0.2, -0.15) is 0 Å². The Morgan fingerprint density at radius 1 is 1.00 bits per heavy atom. The topological polar surface area (TPSA) is 92.6 Å². The smallest absolute Gasteiger partial charge is 0.257 e. The molecule has 0 radical (unpaired) electrons. The summed E-state index contributed by atoms with van der Waals surface area (Å²) in [6.07, 6.45) is 3.55. The summed E-state index contributed by atoms with van der Waals surface area (Å²) in [6, 6.07) is 17.3. The van der Waals surface area contributed by atoms with E-state index < -0.39 is 0 Å². The standard InChI is InChI=1S/C24H25N3O4S/c1-2-3-13-30-20-7-4-6-18(15-20)23(29)27-24(32)26-19-11-9-17(10-12-19)22(28)25-16-21-8-5-14-31-21/h4-12,14-15H,2-3,13,16H2,1H3,(H,25,28)(H2,26,27,29,32). The van der Waals surface area contributed by atoms with Crippen LogP contribution < -0.4 is 20.7 Å². The molecule has 8 heteroatoms. The van der Waals surface area contributed by atoms with Gasteiger partial charge in [0.2, 0.25) is 0 Å². The van der Waals surface area contributed by atoms with Crippen molar-refractivity contribution in [2.45, 2.75) is 26.3 Å². The maximum atomic E-state index is 12.5. The van der Waals surface area contributed by atoms with Gasteiger partial charge in [0.15, 0.2) is 5.11 Å². The van der Waals surface area contributed by atoms with Gasteiger partial charge in [0.05, 0.1) is 19.4 Å². The molecule has 32 heavy (non-hydrogen) atoms. The Morgan fingerprint density at radius 2 is 1.81 bits per heavy atom. The molecule has 3 rings (SSSR count). The zero-order valence-electron chi connectivity index (χ0n) is 17.7. The Kier molecular flexibility index (Phi) is 8.39. The molecule has 0 atom stereocenters. The first kappa shape index (κ1) is 23.0. The van der Waals surface area contributed by atoms with Gasteiger partial charge in [0, 0.05) is 16.8 Å². The molecule has 0 aliphatic carbocycles. The number of hydrogen-bond acceptors (Lipinski definition) is 5. The van der Waals surface area contributed by atoms with Crippen LogP contribution in [0, 0.1) is 0 Å². The van der Waals surface area contributed by atoms with Gasteiger partial charge in [-0.1, -0.05) is 19.4 Å². The summed E-state index contributed by atoms with van der Waals surface area (Å²) in [5, 5.41) is 8.52. The van der Waals surface area contributed by atoms with E-state index >= 15 is 0 Å². The lowest BCUT2D eigenvalue weighted by Crippen LogP contribution is -2.34. The molecule has 0 saturated carbocycles. The average molecular weight is 452 g/mol. The summed E-state index contributed by atoms with van der Waals surface area (Å²) in [4.78, 5) is 24.7. The number of carbonyl (C=O) groups is 2. The van der Waals surface area contributed by atoms with Crippen molar-refractivity contribution < 1.29 is 18.7 Å². The fourth-order valence-electron chi connectivity index (χ4n) is 2.79. The van der Waals surface area contributed by atoms with Gasteiger partial charge < -0.3 is 19.8 Å². The van der Waals surface area contributed by atoms with Crippen molar-refractivity contribution >= 4 is 34.8 Å². The molecule has 2 amide bonds. The highest BCUT2D eigenvalue weighted by Gasteiger charge is 2.10. The van der Waals surface area contributed by atoms with Crippen LogP contribution in [-0.2, 0) is 6.54 Å². The molecule has 0 bridgehead atoms. The van der Waals surface area contributed by atoms with E-state index in [-0.39, 0.29) is 16.9 Å². The Balaban J connectivity index is 1.49. The van der Waals surface area contributed by atoms with Crippen molar-refractivity contribution in [2.24, 2.45) is 0 Å². The number of amides is 2. The number of rotatable bonds is 9. The molecule has 7 nitrogen and oxygen atoms in total. The van der Waals surface area contributed by atoms with Crippen LogP contribution >= 0.6 is 12.2 Å². The molecular formula is C24H25N3O4S. The minimum absolute atomic E-state index is 0.155. The predicted octanol–water partition coefficient (Wildman–Crippen LogP) is 4.52. The molecule has 3 N–H and O–H groups in total. The maximum Gasteiger partial charge on any atom is 0.257 e. The van der Waals surface area contributed by atoms with E-state index in [1.54, 1.807) is 60.9 Å². The Hall–Kier alpha value is -3.65. The highest BCUT2D eigenvalue weighted by atomic mass is 32.1. The molecule has 0 aliphatic heterocycles. The second-order valence-electron chi connectivity index (χ2n) is 6.98. The van der Waals surface area contributed by atoms with Gasteiger partial charge in [-0.15, -0.1) is 0 Å². The van der Waals surface area contributed by atoms with Gasteiger partial charge in [0.25, 0.3) is 11.8 Å². The number of benzene rings is 2. The van der Waals surface area contributed by atoms with Crippen LogP contribution in [0.2, 0.25) is 0 Å². The lowest BCUT2D eigenvalue weighted by atomic mass is 10.2. The fourth-order valence-corrected chi connectivity index (χ4v) is 3.00. The lowest BCUT2D eigenvalue weighted by molar-refractivity contribution is 0.0946. The third-order valence-electron chi connectivity index (χ3n) is 4.50. The Bertz CT molecular complexity index is 1050. The molecule has 2 aromatic carbocycles. The van der Waals surface area contributed by atoms with Crippen molar-refractivity contribution in [3.05, 3.63) is 83.8 Å². The van der Waals surface area contributed by atoms with E-state index in [0.717, 1.165) is 12.8 Å². The van der Waals surface area contributed by atoms with E-state index in [1.807, 2.05) is 6.07 Å². The third-order valence-corrected chi connectivity index (χ3v) is 4.70. The van der Waals surface area contributed by atoms with E-state index in [9.17, 15) is 9.59 Å². The highest BCUT2D eigenvalue weighted by Crippen LogP contribution is 2.14. The number of thiocarbonyl (C=S) groups is 1. The zero-order valence-corrected chi connectivity index (χ0v) is 18.5. The van der Waals surface area contributed by atoms with E-state index in [4.69, 9.17) is 21.4 Å². The molecule has 3 aromatic rings. The van der Waals surface area contributed by atoms with Crippen LogP contribution in [0.4, 0.5) is 5.69 Å². The summed E-state index contributed by atoms with van der Waals surface area (Å²) >= 11 is 5.24. The quantitative estimate of drug-likeness (QED) is 0.327. The van der Waals surface area contributed by atoms with Crippen molar-refractivity contribution in [3.8, 4) is 5.75 Å². The lowest BCUT2D eigenvalue weighted by Gasteiger charge is -2.11. The second kappa shape index (κ2) is 11.7. The Labute approximate surface area is 192 Å². The van der Waals surface area contributed by atoms with Gasteiger partial charge in [0.1, 0.15) is 11.5 Å². The van der Waals surface area contributed by atoms with Gasteiger partial charge >= 0.3 is 0 Å². The second-order valence-corrected chi connectivity index (χ2v) is 7.39.